The zero-order valence-electron chi connectivity index (χ0n) is 15.2. The zero-order valence-corrected chi connectivity index (χ0v) is 16.2. The maximum Gasteiger partial charge on any atom is 0.136 e. The molecule has 2 heteroatoms. The lowest BCUT2D eigenvalue weighted by Crippen LogP contribution is -2.61. The Balaban J connectivity index is 3.13. The van der Waals surface area contributed by atoms with Crippen LogP contribution in [0.1, 0.15) is 52.7 Å². The van der Waals surface area contributed by atoms with E-state index in [4.69, 9.17) is 0 Å². The van der Waals surface area contributed by atoms with Gasteiger partial charge in [-0.25, -0.2) is 0 Å². The normalized spacial score (nSPS) is 13.6. The molecule has 0 unspecified atom stereocenters. The Morgan fingerprint density at radius 1 is 1.10 bits per heavy atom. The number of nitrogens with zero attached hydrogens (tertiary/aromatic N) is 1. The monoisotopic (exact) mass is 303 g/mol. The van der Waals surface area contributed by atoms with Crippen LogP contribution in [0.3, 0.4) is 0 Å². The molecular formula is C19H33NSi. The van der Waals surface area contributed by atoms with Gasteiger partial charge in [0, 0.05) is 6.54 Å². The van der Waals surface area contributed by atoms with E-state index < -0.39 is 8.24 Å². The average molecular weight is 304 g/mol. The topological polar surface area (TPSA) is 3.24 Å². The van der Waals surface area contributed by atoms with Crippen LogP contribution in [-0.2, 0) is 6.54 Å². The molecule has 0 radical (unpaired) electrons. The van der Waals surface area contributed by atoms with Crippen LogP contribution in [0, 0.1) is 0 Å². The smallest absolute Gasteiger partial charge is 0.136 e. The molecule has 0 aliphatic heterocycles. The third-order valence-electron chi connectivity index (χ3n) is 5.29. The molecule has 0 spiro atoms. The fourth-order valence-electron chi connectivity index (χ4n) is 3.52. The molecule has 0 bridgehead atoms. The Labute approximate surface area is 133 Å². The van der Waals surface area contributed by atoms with E-state index in [1.807, 2.05) is 6.08 Å². The van der Waals surface area contributed by atoms with Crippen molar-refractivity contribution in [2.75, 3.05) is 7.05 Å². The van der Waals surface area contributed by atoms with E-state index in [0.717, 1.165) is 6.54 Å². The molecular weight excluding hydrogens is 270 g/mol. The van der Waals surface area contributed by atoms with Gasteiger partial charge in [-0.15, -0.1) is 0 Å². The van der Waals surface area contributed by atoms with Gasteiger partial charge < -0.3 is 4.57 Å². The molecule has 0 N–H and O–H groups in total. The van der Waals surface area contributed by atoms with Crippen molar-refractivity contribution in [3.8, 4) is 0 Å². The van der Waals surface area contributed by atoms with Crippen LogP contribution in [0.2, 0.25) is 16.6 Å². The summed E-state index contributed by atoms with van der Waals surface area (Å²) in [5.74, 6) is 0. The predicted molar refractivity (Wildman–Crippen MR) is 99.0 cm³/mol. The summed E-state index contributed by atoms with van der Waals surface area (Å²) in [4.78, 5) is 0. The maximum atomic E-state index is 3.87. The molecule has 1 aromatic carbocycles. The second kappa shape index (κ2) is 6.10. The molecule has 1 rings (SSSR count). The second-order valence-electron chi connectivity index (χ2n) is 8.38. The molecule has 0 atom stereocenters. The van der Waals surface area contributed by atoms with E-state index in [1.165, 1.54) is 11.1 Å². The fourth-order valence-corrected chi connectivity index (χ4v) is 8.56. The molecule has 0 aliphatic carbocycles. The molecule has 118 valence electrons. The van der Waals surface area contributed by atoms with E-state index >= 15 is 0 Å². The highest BCUT2D eigenvalue weighted by Gasteiger charge is 2.51. The van der Waals surface area contributed by atoms with Crippen molar-refractivity contribution in [1.82, 2.24) is 4.57 Å². The van der Waals surface area contributed by atoms with E-state index in [1.54, 1.807) is 0 Å². The summed E-state index contributed by atoms with van der Waals surface area (Å²) in [6.45, 7) is 21.8. The Morgan fingerprint density at radius 3 is 2.05 bits per heavy atom. The number of benzene rings is 1. The lowest BCUT2D eigenvalue weighted by atomic mass is 10.1. The average Bonchev–Trinajstić information content (AvgIpc) is 2.35. The first-order valence-corrected chi connectivity index (χ1v) is 10.3. The molecule has 1 aromatic rings. The summed E-state index contributed by atoms with van der Waals surface area (Å²) in [6, 6.07) is 8.72. The maximum absolute atomic E-state index is 3.87. The summed E-state index contributed by atoms with van der Waals surface area (Å²) >= 11 is 0. The van der Waals surface area contributed by atoms with Crippen molar-refractivity contribution in [2.24, 2.45) is 0 Å². The quantitative estimate of drug-likeness (QED) is 0.622. The van der Waals surface area contributed by atoms with E-state index in [0.29, 0.717) is 10.1 Å². The van der Waals surface area contributed by atoms with Gasteiger partial charge in [0.25, 0.3) is 0 Å². The standard InChI is InChI=1S/C19H33NSi/c1-10-16-12-11-13-17(14-16)15-20(8)21(9,18(2,3)4)19(5,6)7/h10-14H,1,15H2,2-9H3. The highest BCUT2D eigenvalue weighted by atomic mass is 28.3. The fraction of sp³-hybridized carbons (Fsp3) is 0.579. The van der Waals surface area contributed by atoms with Gasteiger partial charge in [0.2, 0.25) is 0 Å². The van der Waals surface area contributed by atoms with Crippen molar-refractivity contribution in [3.05, 3.63) is 42.0 Å². The van der Waals surface area contributed by atoms with Crippen LogP contribution in [0.5, 0.6) is 0 Å². The van der Waals surface area contributed by atoms with Crippen LogP contribution >= 0.6 is 0 Å². The molecule has 0 heterocycles. The van der Waals surface area contributed by atoms with Crippen LogP contribution in [0.25, 0.3) is 6.08 Å². The van der Waals surface area contributed by atoms with Gasteiger partial charge in [-0.2, -0.15) is 0 Å². The van der Waals surface area contributed by atoms with Gasteiger partial charge in [0.1, 0.15) is 8.24 Å². The molecule has 0 saturated heterocycles. The summed E-state index contributed by atoms with van der Waals surface area (Å²) in [6.07, 6.45) is 1.92. The van der Waals surface area contributed by atoms with Crippen molar-refractivity contribution < 1.29 is 0 Å². The van der Waals surface area contributed by atoms with Crippen molar-refractivity contribution in [2.45, 2.75) is 64.7 Å². The van der Waals surface area contributed by atoms with Gasteiger partial charge in [-0.05, 0) is 28.3 Å². The van der Waals surface area contributed by atoms with Crippen LogP contribution in [0.15, 0.2) is 30.8 Å². The van der Waals surface area contributed by atoms with Gasteiger partial charge in [0.15, 0.2) is 0 Å². The Kier molecular flexibility index (Phi) is 5.28. The predicted octanol–water partition coefficient (Wildman–Crippen LogP) is 5.94. The van der Waals surface area contributed by atoms with Crippen molar-refractivity contribution >= 4 is 14.3 Å². The van der Waals surface area contributed by atoms with Crippen molar-refractivity contribution in [3.63, 3.8) is 0 Å². The number of hydrogen-bond donors (Lipinski definition) is 0. The molecule has 0 fully saturated rings. The highest BCUT2D eigenvalue weighted by Crippen LogP contribution is 2.52. The van der Waals surface area contributed by atoms with E-state index in [-0.39, 0.29) is 0 Å². The Bertz CT molecular complexity index is 477. The first-order chi connectivity index (χ1) is 9.43. The minimum Gasteiger partial charge on any atom is -0.321 e. The van der Waals surface area contributed by atoms with Gasteiger partial charge in [-0.3, -0.25) is 0 Å². The Hall–Kier alpha value is -0.863. The molecule has 21 heavy (non-hydrogen) atoms. The molecule has 1 nitrogen and oxygen atoms in total. The molecule has 0 aliphatic rings. The summed E-state index contributed by atoms with van der Waals surface area (Å²) < 4.78 is 2.65. The van der Waals surface area contributed by atoms with Crippen LogP contribution in [0.4, 0.5) is 0 Å². The number of hydrogen-bond acceptors (Lipinski definition) is 1. The molecule has 0 saturated carbocycles. The second-order valence-corrected chi connectivity index (χ2v) is 14.3. The minimum absolute atomic E-state index is 0.329. The lowest BCUT2D eigenvalue weighted by Gasteiger charge is -2.54. The third kappa shape index (κ3) is 3.67. The minimum atomic E-state index is -1.66. The molecule has 0 aromatic heterocycles. The highest BCUT2D eigenvalue weighted by molar-refractivity contribution is 6.81. The van der Waals surface area contributed by atoms with Gasteiger partial charge in [-0.1, -0.05) is 85.0 Å². The first kappa shape index (κ1) is 18.2. The SMILES string of the molecule is C=Cc1cccc(CN(C)[Si](C)(C(C)(C)C)C(C)(C)C)c1. The first-order valence-electron chi connectivity index (χ1n) is 7.86. The summed E-state index contributed by atoms with van der Waals surface area (Å²) in [5.41, 5.74) is 2.58. The van der Waals surface area contributed by atoms with E-state index in [9.17, 15) is 0 Å². The third-order valence-corrected chi connectivity index (χ3v) is 12.8. The summed E-state index contributed by atoms with van der Waals surface area (Å²) in [7, 11) is 0.650. The zero-order chi connectivity index (χ0) is 16.5. The summed E-state index contributed by atoms with van der Waals surface area (Å²) in [5, 5.41) is 0.659. The molecule has 0 amide bonds. The Morgan fingerprint density at radius 2 is 1.62 bits per heavy atom. The van der Waals surface area contributed by atoms with Crippen LogP contribution < -0.4 is 0 Å². The van der Waals surface area contributed by atoms with E-state index in [2.05, 4.69) is 90.5 Å². The number of rotatable bonds is 4. The van der Waals surface area contributed by atoms with Gasteiger partial charge >= 0.3 is 0 Å². The van der Waals surface area contributed by atoms with Gasteiger partial charge in [0.05, 0.1) is 0 Å². The lowest BCUT2D eigenvalue weighted by molar-refractivity contribution is 0.419. The van der Waals surface area contributed by atoms with Crippen LogP contribution in [-0.4, -0.2) is 19.8 Å². The largest absolute Gasteiger partial charge is 0.321 e. The van der Waals surface area contributed by atoms with Crippen molar-refractivity contribution in [1.29, 1.82) is 0 Å².